The van der Waals surface area contributed by atoms with Crippen LogP contribution < -0.4 is 0 Å². The monoisotopic (exact) mass is 1320 g/mol. The molecule has 0 aromatic heterocycles. The summed E-state index contributed by atoms with van der Waals surface area (Å²) in [5.74, 6) is -2.06. The predicted molar refractivity (Wildman–Crippen MR) is 410 cm³/mol. The molecule has 0 amide bonds. The molecule has 0 aliphatic heterocycles. The van der Waals surface area contributed by atoms with Crippen molar-refractivity contribution >= 4 is 17.9 Å². The fraction of sp³-hybridized carbons (Fsp3) is 0.686. The molecule has 0 spiro atoms. The van der Waals surface area contributed by atoms with Gasteiger partial charge in [0, 0.05) is 12.8 Å². The van der Waals surface area contributed by atoms with Crippen LogP contribution in [0.2, 0.25) is 0 Å². The minimum atomic E-state index is -1.53. The average Bonchev–Trinajstić information content (AvgIpc) is 2.92. The first-order valence-electron chi connectivity index (χ1n) is 39.0. The fourth-order valence-corrected chi connectivity index (χ4v) is 10.7. The molecular formula is C86H146NO8+. The number of carboxylic acids is 1. The topological polar surface area (TPSA) is 108 Å². The van der Waals surface area contributed by atoms with Crippen molar-refractivity contribution in [3.05, 3.63) is 146 Å². The molecule has 0 saturated heterocycles. The van der Waals surface area contributed by atoms with Crippen LogP contribution >= 0.6 is 0 Å². The average molecular weight is 1320 g/mol. The second-order valence-electron chi connectivity index (χ2n) is 26.9. The van der Waals surface area contributed by atoms with Crippen molar-refractivity contribution in [2.24, 2.45) is 0 Å². The lowest BCUT2D eigenvalue weighted by molar-refractivity contribution is -0.870. The lowest BCUT2D eigenvalue weighted by Gasteiger charge is -2.25. The van der Waals surface area contributed by atoms with E-state index in [4.69, 9.17) is 18.9 Å². The molecule has 0 heterocycles. The standard InChI is InChI=1S/C86H145NO8/c1-6-8-10-12-14-16-18-20-22-24-26-28-30-32-34-36-38-39-40-41-42-43-44-45-47-49-51-53-55-57-59-61-63-65-67-69-71-73-75-77-84(89)95-82(81-94-86(85(90)91)92-79-78-87(3,4)5)80-93-83(88)76-74-72-70-68-66-64-62-60-58-56-54-52-50-48-46-37-35-33-31-29-27-25-23-21-19-17-15-13-11-9-7-2/h8,10,14,16,20,22,26,28,32,34,38-39,41-42,44-45,49,51,55,57,61,63,67,69,82,86H,6-7,9,11-13,15,17-19,21,23-25,27,29-31,33,35-37,40,43,46-48,50,52-54,56,58-60,62,64-66,68,70-81H2,1-5H3/p+1/b10-8-,16-14-,22-20-,28-26-,34-32-,39-38-,42-41-,45-44-,51-49-,57-55-,63-61-,69-67-. The molecule has 0 aromatic rings. The number of aliphatic carboxylic acids is 1. The summed E-state index contributed by atoms with van der Waals surface area (Å²) >= 11 is 0. The molecular weight excluding hydrogens is 1170 g/mol. The first kappa shape index (κ1) is 90.2. The van der Waals surface area contributed by atoms with Gasteiger partial charge in [0.2, 0.25) is 0 Å². The molecule has 0 bridgehead atoms. The van der Waals surface area contributed by atoms with Crippen LogP contribution in [0.25, 0.3) is 0 Å². The number of carbonyl (C=O) groups is 3. The van der Waals surface area contributed by atoms with E-state index in [1.165, 1.54) is 180 Å². The molecule has 0 rings (SSSR count). The van der Waals surface area contributed by atoms with Crippen LogP contribution in [-0.2, 0) is 33.3 Å². The third kappa shape index (κ3) is 76.4. The second kappa shape index (κ2) is 75.0. The van der Waals surface area contributed by atoms with Crippen LogP contribution in [0.5, 0.6) is 0 Å². The number of nitrogens with zero attached hydrogens (tertiary/aromatic N) is 1. The highest BCUT2D eigenvalue weighted by atomic mass is 16.7. The number of ether oxygens (including phenoxy) is 4. The van der Waals surface area contributed by atoms with Gasteiger partial charge in [-0.05, 0) is 103 Å². The number of esters is 2. The van der Waals surface area contributed by atoms with Crippen LogP contribution in [-0.4, -0.2) is 87.4 Å². The Kier molecular flexibility index (Phi) is 71.1. The third-order valence-corrected chi connectivity index (χ3v) is 16.6. The predicted octanol–water partition coefficient (Wildman–Crippen LogP) is 25.0. The third-order valence-electron chi connectivity index (χ3n) is 16.6. The number of likely N-dealkylation sites (N-methyl/N-ethyl adjacent to an activating group) is 1. The Balaban J connectivity index is 4.18. The Morgan fingerprint density at radius 3 is 0.895 bits per heavy atom. The van der Waals surface area contributed by atoms with E-state index in [-0.39, 0.29) is 38.6 Å². The Labute approximate surface area is 585 Å². The van der Waals surface area contributed by atoms with E-state index in [9.17, 15) is 19.5 Å². The zero-order valence-electron chi connectivity index (χ0n) is 62.0. The SMILES string of the molecule is CC/C=C\C/C=C\C/C=C\C/C=C\C/C=C\C/C=C\C/C=C\C/C=C\C/C=C\C/C=C\C/C=C\C/C=C\CCCCC(=O)OC(COC(=O)CCCCCCCCCCCCCCCCCCCCCCCCCCCCCCCCC)COC(OCC[N+](C)(C)C)C(=O)O. The molecule has 0 saturated carbocycles. The lowest BCUT2D eigenvalue weighted by Crippen LogP contribution is -2.40. The molecule has 2 atom stereocenters. The van der Waals surface area contributed by atoms with E-state index in [2.05, 4.69) is 160 Å². The van der Waals surface area contributed by atoms with Gasteiger partial charge in [-0.15, -0.1) is 0 Å². The number of quaternary nitrogens is 1. The smallest absolute Gasteiger partial charge is 0.361 e. The summed E-state index contributed by atoms with van der Waals surface area (Å²) in [6.07, 6.45) is 107. The first-order chi connectivity index (χ1) is 46.6. The fourth-order valence-electron chi connectivity index (χ4n) is 10.7. The molecule has 0 aliphatic rings. The van der Waals surface area contributed by atoms with Crippen molar-refractivity contribution in [2.75, 3.05) is 47.5 Å². The normalized spacial score (nSPS) is 13.5. The lowest BCUT2D eigenvalue weighted by atomic mass is 10.0. The number of carboxylic acid groups (broad SMARTS) is 1. The molecule has 1 N–H and O–H groups in total. The van der Waals surface area contributed by atoms with Gasteiger partial charge in [-0.2, -0.15) is 0 Å². The van der Waals surface area contributed by atoms with Gasteiger partial charge in [0.1, 0.15) is 13.2 Å². The number of carbonyl (C=O) groups excluding carboxylic acids is 2. The van der Waals surface area contributed by atoms with E-state index >= 15 is 0 Å². The first-order valence-corrected chi connectivity index (χ1v) is 39.0. The molecule has 0 fully saturated rings. The van der Waals surface area contributed by atoms with Gasteiger partial charge >= 0.3 is 17.9 Å². The molecule has 0 aromatic carbocycles. The largest absolute Gasteiger partial charge is 0.477 e. The molecule has 0 radical (unpaired) electrons. The Morgan fingerprint density at radius 2 is 0.600 bits per heavy atom. The molecule has 2 unspecified atom stereocenters. The molecule has 0 aliphatic carbocycles. The Hall–Kier alpha value is -4.83. The summed E-state index contributed by atoms with van der Waals surface area (Å²) in [7, 11) is 5.96. The number of allylic oxidation sites excluding steroid dienone is 24. The van der Waals surface area contributed by atoms with E-state index in [1.54, 1.807) is 0 Å². The maximum atomic E-state index is 13.0. The minimum absolute atomic E-state index is 0.173. The van der Waals surface area contributed by atoms with Crippen molar-refractivity contribution < 1.29 is 42.9 Å². The molecule has 542 valence electrons. The maximum absolute atomic E-state index is 13.0. The van der Waals surface area contributed by atoms with Gasteiger partial charge in [0.15, 0.2) is 6.10 Å². The van der Waals surface area contributed by atoms with E-state index in [0.717, 1.165) is 109 Å². The second-order valence-corrected chi connectivity index (χ2v) is 26.9. The van der Waals surface area contributed by atoms with Crippen LogP contribution in [0.1, 0.15) is 322 Å². The summed E-state index contributed by atoms with van der Waals surface area (Å²) < 4.78 is 23.0. The summed E-state index contributed by atoms with van der Waals surface area (Å²) in [5.41, 5.74) is 0. The van der Waals surface area contributed by atoms with E-state index in [0.29, 0.717) is 17.4 Å². The molecule has 9 nitrogen and oxygen atoms in total. The van der Waals surface area contributed by atoms with Crippen molar-refractivity contribution in [3.8, 4) is 0 Å². The number of unbranched alkanes of at least 4 members (excludes halogenated alkanes) is 32. The molecule has 9 heteroatoms. The van der Waals surface area contributed by atoms with Crippen LogP contribution in [0, 0.1) is 0 Å². The van der Waals surface area contributed by atoms with Crippen molar-refractivity contribution in [2.45, 2.75) is 334 Å². The summed E-state index contributed by atoms with van der Waals surface area (Å²) in [6.45, 7) is 4.74. The van der Waals surface area contributed by atoms with Gasteiger partial charge < -0.3 is 28.5 Å². The zero-order valence-corrected chi connectivity index (χ0v) is 62.0. The highest BCUT2D eigenvalue weighted by Crippen LogP contribution is 2.18. The number of rotatable bonds is 71. The zero-order chi connectivity index (χ0) is 69.0. The van der Waals surface area contributed by atoms with E-state index < -0.39 is 24.3 Å². The Morgan fingerprint density at radius 1 is 0.326 bits per heavy atom. The summed E-state index contributed by atoms with van der Waals surface area (Å²) in [5, 5.41) is 9.76. The van der Waals surface area contributed by atoms with Crippen molar-refractivity contribution in [1.29, 1.82) is 0 Å². The van der Waals surface area contributed by atoms with Gasteiger partial charge in [-0.3, -0.25) is 9.59 Å². The minimum Gasteiger partial charge on any atom is -0.477 e. The number of hydrogen-bond acceptors (Lipinski definition) is 7. The van der Waals surface area contributed by atoms with Gasteiger partial charge in [-0.25, -0.2) is 4.79 Å². The summed E-state index contributed by atoms with van der Waals surface area (Å²) in [6, 6.07) is 0. The van der Waals surface area contributed by atoms with Crippen molar-refractivity contribution in [3.63, 3.8) is 0 Å². The van der Waals surface area contributed by atoms with Crippen LogP contribution in [0.15, 0.2) is 146 Å². The van der Waals surface area contributed by atoms with Gasteiger partial charge in [-0.1, -0.05) is 352 Å². The Bertz CT molecular complexity index is 2080. The highest BCUT2D eigenvalue weighted by Gasteiger charge is 2.25. The van der Waals surface area contributed by atoms with Crippen LogP contribution in [0.3, 0.4) is 0 Å². The summed E-state index contributed by atoms with van der Waals surface area (Å²) in [4.78, 5) is 37.7. The number of hydrogen-bond donors (Lipinski definition) is 1. The molecule has 95 heavy (non-hydrogen) atoms. The van der Waals surface area contributed by atoms with Gasteiger partial charge in [0.25, 0.3) is 6.29 Å². The quantitative estimate of drug-likeness (QED) is 0.0211. The van der Waals surface area contributed by atoms with E-state index in [1.807, 2.05) is 21.1 Å². The van der Waals surface area contributed by atoms with Crippen LogP contribution in [0.4, 0.5) is 0 Å². The van der Waals surface area contributed by atoms with Gasteiger partial charge in [0.05, 0.1) is 34.4 Å². The highest BCUT2D eigenvalue weighted by molar-refractivity contribution is 5.71. The van der Waals surface area contributed by atoms with Crippen molar-refractivity contribution in [1.82, 2.24) is 0 Å². The maximum Gasteiger partial charge on any atom is 0.361 e.